The number of nitrogens with one attached hydrogen (secondary N) is 4. The van der Waals surface area contributed by atoms with Gasteiger partial charge in [0, 0.05) is 30.8 Å². The van der Waals surface area contributed by atoms with Crippen LogP contribution >= 0.6 is 0 Å². The Kier molecular flexibility index (Phi) is 13.0. The number of benzene rings is 1. The highest BCUT2D eigenvalue weighted by Gasteiger charge is 2.25. The molecular formula is C29H41N5O6. The van der Waals surface area contributed by atoms with Gasteiger partial charge >= 0.3 is 0 Å². The molecule has 1 unspecified atom stereocenters. The molecule has 11 heteroatoms. The number of hydrogen-bond donors (Lipinski definition) is 4. The number of nitrogens with zero attached hydrogens (tertiary/aromatic N) is 1. The third-order valence-electron chi connectivity index (χ3n) is 6.20. The molecule has 218 valence electrons. The standard InChI is InChI=1S/C29H41N5O6/c1-19(2)16-21-9-11-22(12-10-21)32-24(36)18-31-29(40)28(20(3)4)33-25(37)17-30-23(35)8-6-5-7-15-34-26(38)13-14-27(34)39/h9-14,19-20,28H,5-8,15-18H2,1-4H3,(H,30,35)(H,31,40)(H,32,36)(H,33,37). The first-order valence-corrected chi connectivity index (χ1v) is 13.7. The van der Waals surface area contributed by atoms with Gasteiger partial charge in [0.25, 0.3) is 11.8 Å². The lowest BCUT2D eigenvalue weighted by Crippen LogP contribution is -2.52. The Morgan fingerprint density at radius 2 is 1.40 bits per heavy atom. The zero-order valence-corrected chi connectivity index (χ0v) is 23.7. The van der Waals surface area contributed by atoms with Gasteiger partial charge in [0.05, 0.1) is 13.1 Å². The number of carbonyl (C=O) groups is 6. The van der Waals surface area contributed by atoms with Crippen molar-refractivity contribution in [2.24, 2.45) is 11.8 Å². The summed E-state index contributed by atoms with van der Waals surface area (Å²) in [6.45, 7) is 7.57. The Morgan fingerprint density at radius 1 is 0.775 bits per heavy atom. The highest BCUT2D eigenvalue weighted by atomic mass is 16.2. The molecule has 0 saturated heterocycles. The van der Waals surface area contributed by atoms with Crippen LogP contribution in [0.15, 0.2) is 36.4 Å². The predicted octanol–water partition coefficient (Wildman–Crippen LogP) is 1.68. The number of anilines is 1. The van der Waals surface area contributed by atoms with E-state index in [1.165, 1.54) is 17.7 Å². The normalized spacial score (nSPS) is 13.5. The minimum absolute atomic E-state index is 0.192. The number of imide groups is 1. The second-order valence-corrected chi connectivity index (χ2v) is 10.6. The average molecular weight is 556 g/mol. The fourth-order valence-corrected chi connectivity index (χ4v) is 4.09. The first-order valence-electron chi connectivity index (χ1n) is 13.7. The van der Waals surface area contributed by atoms with Gasteiger partial charge in [-0.2, -0.15) is 0 Å². The van der Waals surface area contributed by atoms with Gasteiger partial charge in [-0.1, -0.05) is 46.2 Å². The van der Waals surface area contributed by atoms with Crippen LogP contribution in [0.4, 0.5) is 5.69 Å². The lowest BCUT2D eigenvalue weighted by Gasteiger charge is -2.21. The molecule has 0 fully saturated rings. The first kappa shape index (κ1) is 32.2. The number of carbonyl (C=O) groups excluding carboxylic acids is 6. The Balaban J connectivity index is 1.66. The molecule has 2 rings (SSSR count). The summed E-state index contributed by atoms with van der Waals surface area (Å²) in [4.78, 5) is 73.6. The Morgan fingerprint density at radius 3 is 2.00 bits per heavy atom. The first-order chi connectivity index (χ1) is 19.0. The highest BCUT2D eigenvalue weighted by molar-refractivity contribution is 6.12. The number of rotatable bonds is 16. The van der Waals surface area contributed by atoms with Crippen LogP contribution in [0.3, 0.4) is 0 Å². The monoisotopic (exact) mass is 555 g/mol. The summed E-state index contributed by atoms with van der Waals surface area (Å²) in [6, 6.07) is 6.67. The molecule has 4 N–H and O–H groups in total. The van der Waals surface area contributed by atoms with Gasteiger partial charge in [0.1, 0.15) is 6.04 Å². The molecule has 0 spiro atoms. The van der Waals surface area contributed by atoms with E-state index in [2.05, 4.69) is 35.1 Å². The molecule has 0 saturated carbocycles. The number of unbranched alkanes of at least 4 members (excludes halogenated alkanes) is 2. The molecule has 40 heavy (non-hydrogen) atoms. The number of hydrogen-bond acceptors (Lipinski definition) is 6. The zero-order chi connectivity index (χ0) is 29.7. The van der Waals surface area contributed by atoms with E-state index in [9.17, 15) is 28.8 Å². The van der Waals surface area contributed by atoms with Gasteiger partial charge in [0.2, 0.25) is 23.6 Å². The van der Waals surface area contributed by atoms with Crippen molar-refractivity contribution in [1.82, 2.24) is 20.9 Å². The maximum absolute atomic E-state index is 12.7. The van der Waals surface area contributed by atoms with Crippen LogP contribution in [-0.2, 0) is 35.2 Å². The molecule has 0 aromatic heterocycles. The van der Waals surface area contributed by atoms with Crippen molar-refractivity contribution in [3.63, 3.8) is 0 Å². The van der Waals surface area contributed by atoms with Gasteiger partial charge in [-0.15, -0.1) is 0 Å². The molecule has 0 aliphatic carbocycles. The minimum Gasteiger partial charge on any atom is -0.347 e. The highest BCUT2D eigenvalue weighted by Crippen LogP contribution is 2.13. The van der Waals surface area contributed by atoms with Crippen molar-refractivity contribution in [3.05, 3.63) is 42.0 Å². The molecular weight excluding hydrogens is 514 g/mol. The van der Waals surface area contributed by atoms with Crippen LogP contribution in [0.2, 0.25) is 0 Å². The Labute approximate surface area is 235 Å². The molecule has 1 atom stereocenters. The third-order valence-corrected chi connectivity index (χ3v) is 6.20. The maximum atomic E-state index is 12.7. The third kappa shape index (κ3) is 11.4. The summed E-state index contributed by atoms with van der Waals surface area (Å²) in [7, 11) is 0. The minimum atomic E-state index is -0.877. The van der Waals surface area contributed by atoms with E-state index in [0.717, 1.165) is 11.3 Å². The van der Waals surface area contributed by atoms with E-state index in [1.807, 2.05) is 24.3 Å². The topological polar surface area (TPSA) is 154 Å². The molecule has 0 bridgehead atoms. The van der Waals surface area contributed by atoms with E-state index < -0.39 is 17.9 Å². The van der Waals surface area contributed by atoms with E-state index in [4.69, 9.17) is 0 Å². The van der Waals surface area contributed by atoms with Crippen molar-refractivity contribution in [3.8, 4) is 0 Å². The van der Waals surface area contributed by atoms with Crippen molar-refractivity contribution < 1.29 is 28.8 Å². The second-order valence-electron chi connectivity index (χ2n) is 10.6. The fourth-order valence-electron chi connectivity index (χ4n) is 4.09. The van der Waals surface area contributed by atoms with Crippen LogP contribution in [0.25, 0.3) is 0 Å². The van der Waals surface area contributed by atoms with Crippen LogP contribution < -0.4 is 21.3 Å². The number of amides is 6. The fraction of sp³-hybridized carbons (Fsp3) is 0.517. The molecule has 1 aliphatic heterocycles. The van der Waals surface area contributed by atoms with Crippen molar-refractivity contribution in [2.75, 3.05) is 25.0 Å². The van der Waals surface area contributed by atoms with E-state index >= 15 is 0 Å². The van der Waals surface area contributed by atoms with Crippen molar-refractivity contribution in [1.29, 1.82) is 0 Å². The molecule has 1 aromatic carbocycles. The van der Waals surface area contributed by atoms with E-state index in [1.54, 1.807) is 13.8 Å². The molecule has 1 aromatic rings. The lowest BCUT2D eigenvalue weighted by atomic mass is 10.0. The second kappa shape index (κ2) is 16.2. The maximum Gasteiger partial charge on any atom is 0.253 e. The Hall–Kier alpha value is -4.02. The van der Waals surface area contributed by atoms with Crippen LogP contribution in [0, 0.1) is 11.8 Å². The molecule has 6 amide bonds. The van der Waals surface area contributed by atoms with Gasteiger partial charge < -0.3 is 21.3 Å². The Bertz CT molecular complexity index is 1080. The van der Waals surface area contributed by atoms with Crippen molar-refractivity contribution in [2.45, 2.75) is 65.8 Å². The molecule has 1 aliphatic rings. The smallest absolute Gasteiger partial charge is 0.253 e. The average Bonchev–Trinajstić information content (AvgIpc) is 3.21. The summed E-state index contributed by atoms with van der Waals surface area (Å²) < 4.78 is 0. The molecule has 11 nitrogen and oxygen atoms in total. The summed E-state index contributed by atoms with van der Waals surface area (Å²) in [5.41, 5.74) is 1.81. The van der Waals surface area contributed by atoms with Gasteiger partial charge in [0.15, 0.2) is 0 Å². The lowest BCUT2D eigenvalue weighted by molar-refractivity contribution is -0.137. The van der Waals surface area contributed by atoms with Crippen LogP contribution in [-0.4, -0.2) is 66.0 Å². The van der Waals surface area contributed by atoms with E-state index in [0.29, 0.717) is 37.4 Å². The predicted molar refractivity (Wildman–Crippen MR) is 151 cm³/mol. The van der Waals surface area contributed by atoms with Crippen molar-refractivity contribution >= 4 is 41.1 Å². The van der Waals surface area contributed by atoms with Crippen LogP contribution in [0.5, 0.6) is 0 Å². The largest absolute Gasteiger partial charge is 0.347 e. The quantitative estimate of drug-likeness (QED) is 0.180. The zero-order valence-electron chi connectivity index (χ0n) is 23.7. The SMILES string of the molecule is CC(C)Cc1ccc(NC(=O)CNC(=O)C(NC(=O)CNC(=O)CCCCCN2C(=O)C=CC2=O)C(C)C)cc1. The van der Waals surface area contributed by atoms with Crippen LogP contribution in [0.1, 0.15) is 58.9 Å². The van der Waals surface area contributed by atoms with E-state index in [-0.39, 0.29) is 49.1 Å². The van der Waals surface area contributed by atoms with Gasteiger partial charge in [-0.3, -0.25) is 33.7 Å². The molecule has 1 heterocycles. The summed E-state index contributed by atoms with van der Waals surface area (Å²) >= 11 is 0. The molecule has 0 radical (unpaired) electrons. The van der Waals surface area contributed by atoms with Gasteiger partial charge in [-0.05, 0) is 48.8 Å². The van der Waals surface area contributed by atoms with Gasteiger partial charge in [-0.25, -0.2) is 0 Å². The summed E-state index contributed by atoms with van der Waals surface area (Å²) in [5, 5.41) is 10.4. The summed E-state index contributed by atoms with van der Waals surface area (Å²) in [5.74, 6) is -2.09. The summed E-state index contributed by atoms with van der Waals surface area (Å²) in [6.07, 6.45) is 5.38.